The van der Waals surface area contributed by atoms with E-state index in [-0.39, 0.29) is 0 Å². The van der Waals surface area contributed by atoms with Gasteiger partial charge in [-0.05, 0) is 36.8 Å². The summed E-state index contributed by atoms with van der Waals surface area (Å²) in [7, 11) is 0. The number of aromatic nitrogens is 4. The molecule has 4 rings (SSSR count). The van der Waals surface area contributed by atoms with Crippen molar-refractivity contribution in [3.05, 3.63) is 66.1 Å². The number of hydrogen-bond acceptors (Lipinski definition) is 4. The summed E-state index contributed by atoms with van der Waals surface area (Å²) < 4.78 is 0. The molecule has 25 heavy (non-hydrogen) atoms. The van der Waals surface area contributed by atoms with Gasteiger partial charge in [-0.25, -0.2) is 9.97 Å². The monoisotopic (exact) mass is 329 g/mol. The topological polar surface area (TPSA) is 97.5 Å². The Morgan fingerprint density at radius 3 is 2.72 bits per heavy atom. The maximum Gasteiger partial charge on any atom is 0.249 e. The third-order valence-electron chi connectivity index (χ3n) is 4.01. The molecule has 122 valence electrons. The van der Waals surface area contributed by atoms with Crippen LogP contribution >= 0.6 is 0 Å². The van der Waals surface area contributed by atoms with Crippen molar-refractivity contribution in [2.24, 2.45) is 5.73 Å². The number of carbonyl (C=O) groups is 1. The summed E-state index contributed by atoms with van der Waals surface area (Å²) >= 11 is 0. The summed E-state index contributed by atoms with van der Waals surface area (Å²) in [5.74, 6) is 0.265. The molecule has 0 bridgehead atoms. The second-order valence-corrected chi connectivity index (χ2v) is 5.78. The van der Waals surface area contributed by atoms with Crippen LogP contribution in [0.4, 0.5) is 0 Å². The van der Waals surface area contributed by atoms with Gasteiger partial charge in [-0.1, -0.05) is 18.2 Å². The molecular formula is C19H15N5O. The number of aromatic amines is 1. The zero-order valence-corrected chi connectivity index (χ0v) is 13.5. The molecule has 3 heterocycles. The van der Waals surface area contributed by atoms with Crippen molar-refractivity contribution in [1.82, 2.24) is 19.9 Å². The number of nitrogens with zero attached hydrogens (tertiary/aromatic N) is 3. The second-order valence-electron chi connectivity index (χ2n) is 5.78. The van der Waals surface area contributed by atoms with E-state index < -0.39 is 5.91 Å². The third-order valence-corrected chi connectivity index (χ3v) is 4.01. The minimum absolute atomic E-state index is 0.465. The first-order chi connectivity index (χ1) is 12.1. The molecule has 0 aliphatic rings. The largest absolute Gasteiger partial charge is 0.366 e. The standard InChI is InChI=1S/C19H15N5O/c1-11-8-12(6-7-21-11)18-23-16-9-13(10-22-19(16)24-18)14-4-2-3-5-15(14)17(20)25/h2-10H,1H3,(H2,20,25)(H,22,23,24). The van der Waals surface area contributed by atoms with Crippen LogP contribution in [0.3, 0.4) is 0 Å². The van der Waals surface area contributed by atoms with E-state index in [1.54, 1.807) is 24.5 Å². The van der Waals surface area contributed by atoms with Crippen molar-refractivity contribution in [2.75, 3.05) is 0 Å². The van der Waals surface area contributed by atoms with Crippen LogP contribution in [0.1, 0.15) is 16.1 Å². The highest BCUT2D eigenvalue weighted by Crippen LogP contribution is 2.26. The van der Waals surface area contributed by atoms with Gasteiger partial charge in [0.05, 0.1) is 5.52 Å². The van der Waals surface area contributed by atoms with E-state index in [4.69, 9.17) is 5.73 Å². The number of amides is 1. The summed E-state index contributed by atoms with van der Waals surface area (Å²) in [6.45, 7) is 1.93. The number of imidazole rings is 1. The van der Waals surface area contributed by atoms with Gasteiger partial charge in [0.15, 0.2) is 5.65 Å². The molecule has 6 nitrogen and oxygen atoms in total. The van der Waals surface area contributed by atoms with E-state index in [0.717, 1.165) is 33.7 Å². The Labute approximate surface area is 143 Å². The molecule has 0 aliphatic carbocycles. The fourth-order valence-corrected chi connectivity index (χ4v) is 2.83. The number of carbonyl (C=O) groups excluding carboxylic acids is 1. The van der Waals surface area contributed by atoms with Gasteiger partial charge >= 0.3 is 0 Å². The summed E-state index contributed by atoms with van der Waals surface area (Å²) in [6, 6.07) is 13.0. The number of aryl methyl sites for hydroxylation is 1. The quantitative estimate of drug-likeness (QED) is 0.603. The lowest BCUT2D eigenvalue weighted by molar-refractivity contribution is 0.100. The normalized spacial score (nSPS) is 10.9. The lowest BCUT2D eigenvalue weighted by Gasteiger charge is -2.06. The Morgan fingerprint density at radius 1 is 1.08 bits per heavy atom. The third kappa shape index (κ3) is 2.74. The first-order valence-corrected chi connectivity index (χ1v) is 7.80. The van der Waals surface area contributed by atoms with E-state index in [2.05, 4.69) is 19.9 Å². The van der Waals surface area contributed by atoms with Gasteiger partial charge in [-0.3, -0.25) is 9.78 Å². The van der Waals surface area contributed by atoms with Gasteiger partial charge < -0.3 is 10.7 Å². The van der Waals surface area contributed by atoms with Crippen molar-refractivity contribution in [3.8, 4) is 22.5 Å². The van der Waals surface area contributed by atoms with Crippen LogP contribution in [0.15, 0.2) is 54.9 Å². The van der Waals surface area contributed by atoms with Gasteiger partial charge in [0.1, 0.15) is 5.82 Å². The van der Waals surface area contributed by atoms with E-state index in [1.807, 2.05) is 37.3 Å². The Morgan fingerprint density at radius 2 is 1.92 bits per heavy atom. The lowest BCUT2D eigenvalue weighted by atomic mass is 10.0. The summed E-state index contributed by atoms with van der Waals surface area (Å²) in [5, 5.41) is 0. The molecule has 6 heteroatoms. The first-order valence-electron chi connectivity index (χ1n) is 7.80. The predicted octanol–water partition coefficient (Wildman–Crippen LogP) is 3.09. The van der Waals surface area contributed by atoms with Crippen molar-refractivity contribution >= 4 is 17.1 Å². The van der Waals surface area contributed by atoms with E-state index in [0.29, 0.717) is 11.2 Å². The number of nitrogens with one attached hydrogen (secondary N) is 1. The number of fused-ring (bicyclic) bond motifs is 1. The van der Waals surface area contributed by atoms with Gasteiger partial charge in [0.25, 0.3) is 0 Å². The molecule has 3 aromatic heterocycles. The number of primary amides is 1. The minimum atomic E-state index is -0.465. The zero-order chi connectivity index (χ0) is 17.4. The Hall–Kier alpha value is -3.54. The molecule has 0 aliphatic heterocycles. The van der Waals surface area contributed by atoms with E-state index in [1.165, 1.54) is 0 Å². The van der Waals surface area contributed by atoms with Crippen molar-refractivity contribution in [2.45, 2.75) is 6.92 Å². The van der Waals surface area contributed by atoms with Crippen LogP contribution < -0.4 is 5.73 Å². The van der Waals surface area contributed by atoms with E-state index >= 15 is 0 Å². The summed E-state index contributed by atoms with van der Waals surface area (Å²) in [5.41, 5.74) is 10.8. The number of H-pyrrole nitrogens is 1. The fraction of sp³-hybridized carbons (Fsp3) is 0.0526. The Kier molecular flexibility index (Phi) is 3.50. The lowest BCUT2D eigenvalue weighted by Crippen LogP contribution is -2.12. The number of pyridine rings is 2. The van der Waals surface area contributed by atoms with Gasteiger partial charge in [0.2, 0.25) is 5.91 Å². The molecule has 1 amide bonds. The molecular weight excluding hydrogens is 314 g/mol. The Bertz CT molecular complexity index is 1100. The smallest absolute Gasteiger partial charge is 0.249 e. The highest BCUT2D eigenvalue weighted by Gasteiger charge is 2.12. The zero-order valence-electron chi connectivity index (χ0n) is 13.5. The van der Waals surface area contributed by atoms with Crippen molar-refractivity contribution in [3.63, 3.8) is 0 Å². The molecule has 3 N–H and O–H groups in total. The maximum absolute atomic E-state index is 11.7. The molecule has 0 fully saturated rings. The highest BCUT2D eigenvalue weighted by atomic mass is 16.1. The molecule has 1 aromatic carbocycles. The molecule has 4 aromatic rings. The summed E-state index contributed by atoms with van der Waals surface area (Å²) in [4.78, 5) is 28.1. The predicted molar refractivity (Wildman–Crippen MR) is 95.8 cm³/mol. The fourth-order valence-electron chi connectivity index (χ4n) is 2.83. The number of nitrogens with two attached hydrogens (primary N) is 1. The van der Waals surface area contributed by atoms with Crippen LogP contribution in [0, 0.1) is 6.92 Å². The van der Waals surface area contributed by atoms with Crippen LogP contribution in [-0.4, -0.2) is 25.8 Å². The second kappa shape index (κ2) is 5.83. The van der Waals surface area contributed by atoms with E-state index in [9.17, 15) is 4.79 Å². The van der Waals surface area contributed by atoms with Gasteiger partial charge in [-0.2, -0.15) is 0 Å². The maximum atomic E-state index is 11.7. The SMILES string of the molecule is Cc1cc(-c2nc3ncc(-c4ccccc4C(N)=O)cc3[nH]2)ccn1. The van der Waals surface area contributed by atoms with Crippen LogP contribution in [0.2, 0.25) is 0 Å². The van der Waals surface area contributed by atoms with Crippen molar-refractivity contribution in [1.29, 1.82) is 0 Å². The number of hydrogen-bond donors (Lipinski definition) is 2. The average Bonchev–Trinajstić information content (AvgIpc) is 3.05. The number of benzene rings is 1. The van der Waals surface area contributed by atoms with Crippen molar-refractivity contribution < 1.29 is 4.79 Å². The van der Waals surface area contributed by atoms with Gasteiger partial charge in [-0.15, -0.1) is 0 Å². The molecule has 0 spiro atoms. The average molecular weight is 329 g/mol. The van der Waals surface area contributed by atoms with Gasteiger partial charge in [0, 0.05) is 34.8 Å². The number of rotatable bonds is 3. The Balaban J connectivity index is 1.83. The van der Waals surface area contributed by atoms with Crippen LogP contribution in [0.5, 0.6) is 0 Å². The molecule has 0 saturated heterocycles. The summed E-state index contributed by atoms with van der Waals surface area (Å²) in [6.07, 6.45) is 3.45. The first kappa shape index (κ1) is 15.0. The molecule has 0 radical (unpaired) electrons. The highest BCUT2D eigenvalue weighted by molar-refractivity contribution is 6.00. The molecule has 0 saturated carbocycles. The molecule has 0 atom stereocenters. The molecule has 0 unspecified atom stereocenters. The minimum Gasteiger partial charge on any atom is -0.366 e. The van der Waals surface area contributed by atoms with Crippen LogP contribution in [-0.2, 0) is 0 Å². The van der Waals surface area contributed by atoms with Crippen LogP contribution in [0.25, 0.3) is 33.7 Å².